The van der Waals surface area contributed by atoms with Crippen molar-refractivity contribution in [3.63, 3.8) is 0 Å². The molecule has 1 aliphatic carbocycles. The van der Waals surface area contributed by atoms with E-state index >= 15 is 0 Å². The predicted molar refractivity (Wildman–Crippen MR) is 90.2 cm³/mol. The molecule has 0 unspecified atom stereocenters. The van der Waals surface area contributed by atoms with Crippen molar-refractivity contribution < 1.29 is 19.7 Å². The number of rotatable bonds is 4. The molecule has 1 aromatic carbocycles. The van der Waals surface area contributed by atoms with Gasteiger partial charge >= 0.3 is 5.97 Å². The largest absolute Gasteiger partial charge is 0.494 e. The predicted octanol–water partition coefficient (Wildman–Crippen LogP) is 3.80. The van der Waals surface area contributed by atoms with Gasteiger partial charge in [-0.1, -0.05) is 43.2 Å². The first kappa shape index (κ1) is 16.4. The average molecular weight is 329 g/mol. The molecular formula is C19H23NO4. The van der Waals surface area contributed by atoms with E-state index in [0.717, 1.165) is 32.1 Å². The van der Waals surface area contributed by atoms with Crippen molar-refractivity contribution >= 4 is 5.97 Å². The third-order valence-corrected chi connectivity index (χ3v) is 4.75. The number of ether oxygens (including phenoxy) is 1. The molecule has 2 aromatic rings. The van der Waals surface area contributed by atoms with Gasteiger partial charge in [0.1, 0.15) is 0 Å². The van der Waals surface area contributed by atoms with Crippen LogP contribution in [-0.4, -0.2) is 20.7 Å². The molecule has 3 rings (SSSR count). The van der Waals surface area contributed by atoms with Gasteiger partial charge in [-0.3, -0.25) is 9.36 Å². The second kappa shape index (κ2) is 6.99. The highest BCUT2D eigenvalue weighted by molar-refractivity contribution is 5.70. The number of esters is 1. The van der Waals surface area contributed by atoms with Gasteiger partial charge < -0.3 is 14.9 Å². The molecule has 1 saturated carbocycles. The lowest BCUT2D eigenvalue weighted by Crippen LogP contribution is -2.24. The van der Waals surface area contributed by atoms with E-state index in [4.69, 9.17) is 4.74 Å². The topological polar surface area (TPSA) is 71.7 Å². The van der Waals surface area contributed by atoms with E-state index in [-0.39, 0.29) is 23.6 Å². The molecule has 24 heavy (non-hydrogen) atoms. The lowest BCUT2D eigenvalue weighted by Gasteiger charge is -2.33. The summed E-state index contributed by atoms with van der Waals surface area (Å²) in [7, 11) is 0. The number of hydrogen-bond acceptors (Lipinski definition) is 4. The van der Waals surface area contributed by atoms with Crippen LogP contribution >= 0.6 is 0 Å². The molecule has 5 nitrogen and oxygen atoms in total. The van der Waals surface area contributed by atoms with Gasteiger partial charge in [0.15, 0.2) is 11.6 Å². The molecule has 0 bridgehead atoms. The van der Waals surface area contributed by atoms with Crippen LogP contribution in [0.4, 0.5) is 0 Å². The van der Waals surface area contributed by atoms with E-state index in [0.29, 0.717) is 5.92 Å². The van der Waals surface area contributed by atoms with E-state index in [9.17, 15) is 15.0 Å². The van der Waals surface area contributed by atoms with Crippen LogP contribution in [0.5, 0.6) is 17.5 Å². The number of benzene rings is 1. The van der Waals surface area contributed by atoms with E-state index in [1.807, 2.05) is 18.2 Å². The second-order valence-electron chi connectivity index (χ2n) is 6.46. The number of nitrogens with zero attached hydrogens (tertiary/aromatic N) is 1. The number of carbonyl (C=O) groups is 1. The van der Waals surface area contributed by atoms with Crippen molar-refractivity contribution in [3.8, 4) is 17.5 Å². The summed E-state index contributed by atoms with van der Waals surface area (Å²) in [5.74, 6) is -0.423. The fraction of sp³-hybridized carbons (Fsp3) is 0.421. The van der Waals surface area contributed by atoms with Crippen LogP contribution in [0.25, 0.3) is 0 Å². The Kier molecular flexibility index (Phi) is 4.79. The van der Waals surface area contributed by atoms with Gasteiger partial charge in [0, 0.05) is 19.0 Å². The summed E-state index contributed by atoms with van der Waals surface area (Å²) in [6, 6.07) is 11.6. The van der Waals surface area contributed by atoms with Gasteiger partial charge in [-0.15, -0.1) is 0 Å². The van der Waals surface area contributed by atoms with Gasteiger partial charge in [-0.25, -0.2) is 0 Å². The standard InChI is InChI=1S/C19H23NO4/c1-13(21)24-17-12-18(22)20(19(17)23)16-10-6-5-9-15(16)11-14-7-3-2-4-8-14/h2-4,7-8,12,15-16,22-23H,5-6,9-11H2,1H3/t15-,16-/m1/s1. The van der Waals surface area contributed by atoms with Crippen LogP contribution in [-0.2, 0) is 11.2 Å². The quantitative estimate of drug-likeness (QED) is 0.837. The van der Waals surface area contributed by atoms with Crippen molar-refractivity contribution in [2.45, 2.75) is 45.1 Å². The summed E-state index contributed by atoms with van der Waals surface area (Å²) < 4.78 is 6.50. The van der Waals surface area contributed by atoms with E-state index in [1.54, 1.807) is 0 Å². The SMILES string of the molecule is CC(=O)Oc1cc(O)n([C@@H]2CCCC[C@@H]2Cc2ccccc2)c1O. The highest BCUT2D eigenvalue weighted by atomic mass is 16.5. The minimum atomic E-state index is -0.521. The Bertz CT molecular complexity index is 708. The highest BCUT2D eigenvalue weighted by Gasteiger charge is 2.31. The van der Waals surface area contributed by atoms with Gasteiger partial charge in [-0.05, 0) is 30.7 Å². The number of carbonyl (C=O) groups excluding carboxylic acids is 1. The molecule has 1 aromatic heterocycles. The molecule has 5 heteroatoms. The zero-order chi connectivity index (χ0) is 17.1. The fourth-order valence-corrected chi connectivity index (χ4v) is 3.72. The monoisotopic (exact) mass is 329 g/mol. The number of hydrogen-bond donors (Lipinski definition) is 2. The summed E-state index contributed by atoms with van der Waals surface area (Å²) in [6.45, 7) is 1.27. The normalized spacial score (nSPS) is 20.7. The molecular weight excluding hydrogens is 306 g/mol. The third kappa shape index (κ3) is 3.40. The molecule has 1 fully saturated rings. The smallest absolute Gasteiger partial charge is 0.308 e. The minimum Gasteiger partial charge on any atom is -0.494 e. The number of aromatic hydroxyl groups is 2. The molecule has 0 amide bonds. The summed E-state index contributed by atoms with van der Waals surface area (Å²) in [5.41, 5.74) is 1.25. The zero-order valence-corrected chi connectivity index (χ0v) is 13.8. The van der Waals surface area contributed by atoms with Gasteiger partial charge in [0.05, 0.1) is 0 Å². The fourth-order valence-electron chi connectivity index (χ4n) is 3.72. The van der Waals surface area contributed by atoms with Gasteiger partial charge in [0.2, 0.25) is 5.88 Å². The Morgan fingerprint density at radius 1 is 1.21 bits per heavy atom. The minimum absolute atomic E-state index is 0.0109. The van der Waals surface area contributed by atoms with Crippen molar-refractivity contribution in [1.82, 2.24) is 4.57 Å². The molecule has 0 radical (unpaired) electrons. The maximum absolute atomic E-state index is 11.1. The van der Waals surface area contributed by atoms with E-state index in [1.165, 1.54) is 23.1 Å². The zero-order valence-electron chi connectivity index (χ0n) is 13.8. The van der Waals surface area contributed by atoms with Crippen molar-refractivity contribution in [2.24, 2.45) is 5.92 Å². The Balaban J connectivity index is 1.88. The molecule has 0 saturated heterocycles. The molecule has 0 spiro atoms. The molecule has 2 N–H and O–H groups in total. The Labute approximate surface area is 141 Å². The molecule has 0 aliphatic heterocycles. The van der Waals surface area contributed by atoms with Crippen LogP contribution in [0.2, 0.25) is 0 Å². The van der Waals surface area contributed by atoms with Crippen LogP contribution in [0, 0.1) is 5.92 Å². The summed E-state index contributed by atoms with van der Waals surface area (Å²) >= 11 is 0. The first-order valence-corrected chi connectivity index (χ1v) is 8.41. The average Bonchev–Trinajstić information content (AvgIpc) is 2.82. The summed E-state index contributed by atoms with van der Waals surface area (Å²) in [5, 5.41) is 20.7. The summed E-state index contributed by atoms with van der Waals surface area (Å²) in [4.78, 5) is 11.1. The maximum atomic E-state index is 11.1. The van der Waals surface area contributed by atoms with Crippen molar-refractivity contribution in [2.75, 3.05) is 0 Å². The molecule has 128 valence electrons. The van der Waals surface area contributed by atoms with Crippen molar-refractivity contribution in [1.29, 1.82) is 0 Å². The molecule has 2 atom stereocenters. The van der Waals surface area contributed by atoms with Gasteiger partial charge in [0.25, 0.3) is 0 Å². The summed E-state index contributed by atoms with van der Waals surface area (Å²) in [6.07, 6.45) is 5.02. The van der Waals surface area contributed by atoms with Crippen LogP contribution in [0.1, 0.15) is 44.2 Å². The maximum Gasteiger partial charge on any atom is 0.308 e. The van der Waals surface area contributed by atoms with Crippen molar-refractivity contribution in [3.05, 3.63) is 42.0 Å². The third-order valence-electron chi connectivity index (χ3n) is 4.75. The first-order chi connectivity index (χ1) is 11.6. The second-order valence-corrected chi connectivity index (χ2v) is 6.46. The Hall–Kier alpha value is -2.43. The lowest BCUT2D eigenvalue weighted by molar-refractivity contribution is -0.132. The van der Waals surface area contributed by atoms with E-state index < -0.39 is 5.97 Å². The van der Waals surface area contributed by atoms with Crippen LogP contribution < -0.4 is 4.74 Å². The first-order valence-electron chi connectivity index (χ1n) is 8.41. The van der Waals surface area contributed by atoms with Gasteiger partial charge in [-0.2, -0.15) is 0 Å². The number of aromatic nitrogens is 1. The van der Waals surface area contributed by atoms with Crippen LogP contribution in [0.15, 0.2) is 36.4 Å². The Morgan fingerprint density at radius 3 is 2.62 bits per heavy atom. The van der Waals surface area contributed by atoms with E-state index in [2.05, 4.69) is 12.1 Å². The Morgan fingerprint density at radius 2 is 1.92 bits per heavy atom. The molecule has 1 aliphatic rings. The lowest BCUT2D eigenvalue weighted by atomic mass is 9.80. The molecule has 1 heterocycles. The highest BCUT2D eigenvalue weighted by Crippen LogP contribution is 2.45. The van der Waals surface area contributed by atoms with Crippen LogP contribution in [0.3, 0.4) is 0 Å².